The summed E-state index contributed by atoms with van der Waals surface area (Å²) in [5, 5.41) is 15.8. The Hall–Kier alpha value is -1.52. The number of rotatable bonds is 6. The Morgan fingerprint density at radius 1 is 1.48 bits per heavy atom. The van der Waals surface area contributed by atoms with E-state index < -0.39 is 16.2 Å². The number of hydrogen-bond donors (Lipinski definition) is 2. The van der Waals surface area contributed by atoms with Crippen LogP contribution in [0, 0.1) is 5.92 Å². The molecule has 1 saturated heterocycles. The van der Waals surface area contributed by atoms with Crippen molar-refractivity contribution in [2.75, 3.05) is 19.6 Å². The van der Waals surface area contributed by atoms with Crippen LogP contribution in [0.2, 0.25) is 0 Å². The quantitative estimate of drug-likeness (QED) is 0.733. The number of nitrogens with zero attached hydrogens (tertiary/aromatic N) is 4. The molecule has 0 unspecified atom stereocenters. The van der Waals surface area contributed by atoms with Gasteiger partial charge < -0.3 is 5.11 Å². The molecule has 0 saturated carbocycles. The number of aromatic nitrogens is 3. The fourth-order valence-electron chi connectivity index (χ4n) is 2.11. The molecule has 1 aromatic heterocycles. The summed E-state index contributed by atoms with van der Waals surface area (Å²) >= 11 is 0. The van der Waals surface area contributed by atoms with E-state index in [0.717, 1.165) is 12.8 Å². The third kappa shape index (κ3) is 4.22. The summed E-state index contributed by atoms with van der Waals surface area (Å²) in [5.41, 5.74) is -0.164. The van der Waals surface area contributed by atoms with Crippen LogP contribution in [-0.2, 0) is 16.8 Å². The second kappa shape index (κ2) is 6.50. The number of piperidine rings is 1. The minimum absolute atomic E-state index is 0.136. The van der Waals surface area contributed by atoms with Crippen molar-refractivity contribution in [2.24, 2.45) is 5.92 Å². The topological polar surface area (TPSA) is 117 Å². The zero-order chi connectivity index (χ0) is 15.5. The van der Waals surface area contributed by atoms with Crippen LogP contribution in [0.3, 0.4) is 0 Å². The zero-order valence-electron chi connectivity index (χ0n) is 11.8. The van der Waals surface area contributed by atoms with E-state index in [4.69, 9.17) is 5.11 Å². The van der Waals surface area contributed by atoms with Gasteiger partial charge in [-0.05, 0) is 18.8 Å². The molecule has 0 amide bonds. The summed E-state index contributed by atoms with van der Waals surface area (Å²) in [4.78, 5) is 10.6. The second-order valence-corrected chi connectivity index (χ2v) is 6.91. The van der Waals surface area contributed by atoms with Crippen LogP contribution in [-0.4, -0.2) is 58.4 Å². The lowest BCUT2D eigenvalue weighted by Crippen LogP contribution is -2.45. The number of carboxylic acid groups (broad SMARTS) is 1. The van der Waals surface area contributed by atoms with Gasteiger partial charge in [-0.15, -0.1) is 5.10 Å². The average molecular weight is 317 g/mol. The van der Waals surface area contributed by atoms with E-state index in [1.807, 2.05) is 0 Å². The minimum atomic E-state index is -3.48. The average Bonchev–Trinajstić information content (AvgIpc) is 2.88. The smallest absolute Gasteiger partial charge is 0.358 e. The lowest BCUT2D eigenvalue weighted by Gasteiger charge is -2.29. The van der Waals surface area contributed by atoms with Gasteiger partial charge in [0.2, 0.25) is 0 Å². The van der Waals surface area contributed by atoms with Gasteiger partial charge in [0, 0.05) is 19.6 Å². The number of aromatic carboxylic acids is 1. The maximum absolute atomic E-state index is 12.1. The normalized spacial score (nSPS) is 18.0. The molecule has 1 fully saturated rings. The van der Waals surface area contributed by atoms with Crippen LogP contribution in [0.1, 0.15) is 30.3 Å². The first-order valence-electron chi connectivity index (χ1n) is 6.76. The second-order valence-electron chi connectivity index (χ2n) is 5.15. The molecule has 0 bridgehead atoms. The molecule has 1 aromatic rings. The third-order valence-corrected chi connectivity index (χ3v) is 5.08. The number of nitrogens with one attached hydrogen (secondary N) is 1. The molecule has 118 valence electrons. The van der Waals surface area contributed by atoms with Crippen molar-refractivity contribution in [3.05, 3.63) is 11.9 Å². The highest BCUT2D eigenvalue weighted by molar-refractivity contribution is 7.87. The van der Waals surface area contributed by atoms with Crippen molar-refractivity contribution < 1.29 is 18.3 Å². The summed E-state index contributed by atoms with van der Waals surface area (Å²) in [6, 6.07) is 0. The molecular weight excluding hydrogens is 298 g/mol. The number of carboxylic acids is 1. The Kier molecular flexibility index (Phi) is 4.91. The molecule has 2 heterocycles. The number of hydrogen-bond acceptors (Lipinski definition) is 5. The predicted octanol–water partition coefficient (Wildman–Crippen LogP) is -0.457. The van der Waals surface area contributed by atoms with E-state index in [9.17, 15) is 13.2 Å². The summed E-state index contributed by atoms with van der Waals surface area (Å²) in [7, 11) is -3.48. The molecule has 10 heteroatoms. The molecule has 2 N–H and O–H groups in total. The van der Waals surface area contributed by atoms with Gasteiger partial charge in [0.05, 0.1) is 12.7 Å². The van der Waals surface area contributed by atoms with Gasteiger partial charge in [-0.25, -0.2) is 9.52 Å². The van der Waals surface area contributed by atoms with Crippen molar-refractivity contribution in [1.29, 1.82) is 0 Å². The molecule has 0 atom stereocenters. The summed E-state index contributed by atoms with van der Waals surface area (Å²) in [6.07, 6.45) is 3.00. The molecule has 1 aliphatic heterocycles. The lowest BCUT2D eigenvalue weighted by atomic mass is 10.0. The molecule has 21 heavy (non-hydrogen) atoms. The standard InChI is InChI=1S/C11H19N5O4S/c1-9-2-5-16(6-3-9)21(19,20)12-4-7-15-8-10(11(17)18)13-14-15/h8-9,12H,2-7H2,1H3,(H,17,18). The van der Waals surface area contributed by atoms with Crippen LogP contribution in [0.25, 0.3) is 0 Å². The van der Waals surface area contributed by atoms with Crippen LogP contribution < -0.4 is 4.72 Å². The molecule has 0 radical (unpaired) electrons. The molecule has 2 rings (SSSR count). The van der Waals surface area contributed by atoms with Gasteiger partial charge in [-0.3, -0.25) is 4.68 Å². The van der Waals surface area contributed by atoms with Gasteiger partial charge in [0.25, 0.3) is 10.2 Å². The van der Waals surface area contributed by atoms with Crippen LogP contribution >= 0.6 is 0 Å². The monoisotopic (exact) mass is 317 g/mol. The molecule has 9 nitrogen and oxygen atoms in total. The van der Waals surface area contributed by atoms with Crippen LogP contribution in [0.4, 0.5) is 0 Å². The van der Waals surface area contributed by atoms with Gasteiger partial charge >= 0.3 is 5.97 Å². The zero-order valence-corrected chi connectivity index (χ0v) is 12.6. The van der Waals surface area contributed by atoms with Gasteiger partial charge in [0.15, 0.2) is 5.69 Å². The third-order valence-electron chi connectivity index (χ3n) is 3.47. The number of carbonyl (C=O) groups is 1. The van der Waals surface area contributed by atoms with Crippen molar-refractivity contribution in [1.82, 2.24) is 24.0 Å². The van der Waals surface area contributed by atoms with E-state index in [1.54, 1.807) is 0 Å². The molecule has 1 aliphatic rings. The SMILES string of the molecule is CC1CCN(S(=O)(=O)NCCn2cc(C(=O)O)nn2)CC1. The van der Waals surface area contributed by atoms with Gasteiger partial charge in [0.1, 0.15) is 0 Å². The van der Waals surface area contributed by atoms with Crippen molar-refractivity contribution in [2.45, 2.75) is 26.3 Å². The Balaban J connectivity index is 1.82. The fraction of sp³-hybridized carbons (Fsp3) is 0.727. The molecule has 0 aromatic carbocycles. The van der Waals surface area contributed by atoms with Gasteiger partial charge in [-0.2, -0.15) is 12.7 Å². The fourth-order valence-corrected chi connectivity index (χ4v) is 3.33. The van der Waals surface area contributed by atoms with Crippen molar-refractivity contribution in [3.8, 4) is 0 Å². The minimum Gasteiger partial charge on any atom is -0.476 e. The summed E-state index contributed by atoms with van der Waals surface area (Å²) in [5.74, 6) is -0.606. The van der Waals surface area contributed by atoms with E-state index in [2.05, 4.69) is 22.0 Å². The molecular formula is C11H19N5O4S. The van der Waals surface area contributed by atoms with E-state index in [-0.39, 0.29) is 18.8 Å². The van der Waals surface area contributed by atoms with E-state index in [1.165, 1.54) is 15.2 Å². The largest absolute Gasteiger partial charge is 0.476 e. The Bertz CT molecular complexity index is 592. The molecule has 0 aliphatic carbocycles. The lowest BCUT2D eigenvalue weighted by molar-refractivity contribution is 0.0690. The van der Waals surface area contributed by atoms with Crippen LogP contribution in [0.5, 0.6) is 0 Å². The highest BCUT2D eigenvalue weighted by Gasteiger charge is 2.25. The Morgan fingerprint density at radius 2 is 2.14 bits per heavy atom. The van der Waals surface area contributed by atoms with E-state index in [0.29, 0.717) is 19.0 Å². The Labute approximate surface area is 123 Å². The first-order valence-corrected chi connectivity index (χ1v) is 8.20. The summed E-state index contributed by atoms with van der Waals surface area (Å²) < 4.78 is 29.4. The summed E-state index contributed by atoms with van der Waals surface area (Å²) in [6.45, 7) is 3.54. The van der Waals surface area contributed by atoms with Gasteiger partial charge in [-0.1, -0.05) is 12.1 Å². The first kappa shape index (κ1) is 15.9. The van der Waals surface area contributed by atoms with Crippen LogP contribution in [0.15, 0.2) is 6.20 Å². The van der Waals surface area contributed by atoms with E-state index >= 15 is 0 Å². The predicted molar refractivity (Wildman–Crippen MR) is 73.9 cm³/mol. The molecule has 0 spiro atoms. The van der Waals surface area contributed by atoms with Crippen molar-refractivity contribution >= 4 is 16.2 Å². The highest BCUT2D eigenvalue weighted by Crippen LogP contribution is 2.17. The highest BCUT2D eigenvalue weighted by atomic mass is 32.2. The maximum atomic E-state index is 12.1. The van der Waals surface area contributed by atoms with Crippen molar-refractivity contribution in [3.63, 3.8) is 0 Å². The Morgan fingerprint density at radius 3 is 2.71 bits per heavy atom. The first-order chi connectivity index (χ1) is 9.88. The maximum Gasteiger partial charge on any atom is 0.358 e.